The average Bonchev–Trinajstić information content (AvgIpc) is 2.42. The van der Waals surface area contributed by atoms with Crippen LogP contribution in [0.1, 0.15) is 0 Å². The number of benzene rings is 2. The lowest BCUT2D eigenvalue weighted by atomic mass is 10.2. The number of anilines is 3. The van der Waals surface area contributed by atoms with Gasteiger partial charge in [0.2, 0.25) is 0 Å². The molecule has 2 rings (SSSR count). The number of nitrogen functional groups attached to an aromatic ring is 3. The number of hydrogen-bond donors (Lipinski definition) is 5. The van der Waals surface area contributed by atoms with Crippen molar-refractivity contribution in [2.75, 3.05) is 30.4 Å². The van der Waals surface area contributed by atoms with Crippen molar-refractivity contribution in [3.8, 4) is 11.5 Å². The van der Waals surface area contributed by atoms with E-state index >= 15 is 0 Å². The number of phenolic OH excluding ortho intramolecular Hbond substituents is 1. The number of hydrogen-bond acceptors (Lipinski definition) is 6. The number of aromatic hydroxyl groups is 1. The lowest BCUT2D eigenvalue weighted by molar-refractivity contribution is 0.202. The van der Waals surface area contributed by atoms with Gasteiger partial charge in [0.05, 0.1) is 12.3 Å². The van der Waals surface area contributed by atoms with Crippen molar-refractivity contribution in [1.82, 2.24) is 0 Å². The van der Waals surface area contributed by atoms with Crippen LogP contribution in [0.4, 0.5) is 17.1 Å². The smallest absolute Gasteiger partial charge is 0.142 e. The van der Waals surface area contributed by atoms with E-state index in [4.69, 9.17) is 32.2 Å². The van der Waals surface area contributed by atoms with E-state index in [1.54, 1.807) is 42.5 Å². The summed E-state index contributed by atoms with van der Waals surface area (Å²) in [7, 11) is 0. The van der Waals surface area contributed by atoms with Crippen LogP contribution < -0.4 is 21.9 Å². The maximum absolute atomic E-state index is 8.70. The van der Waals surface area contributed by atoms with Crippen molar-refractivity contribution < 1.29 is 14.9 Å². The van der Waals surface area contributed by atoms with Crippen LogP contribution in [0.15, 0.2) is 42.5 Å². The Morgan fingerprint density at radius 2 is 1.50 bits per heavy atom. The van der Waals surface area contributed by atoms with Gasteiger partial charge in [-0.1, -0.05) is 0 Å². The maximum atomic E-state index is 8.70. The normalized spacial score (nSPS) is 9.45. The molecule has 2 aromatic rings. The molecule has 0 unspecified atom stereocenters. The van der Waals surface area contributed by atoms with Crippen LogP contribution in [0, 0.1) is 0 Å². The molecule has 0 aliphatic rings. The van der Waals surface area contributed by atoms with Gasteiger partial charge in [-0.3, -0.25) is 0 Å². The van der Waals surface area contributed by atoms with Gasteiger partial charge in [0.15, 0.2) is 0 Å². The van der Waals surface area contributed by atoms with Crippen molar-refractivity contribution in [2.24, 2.45) is 0 Å². The Hall–Kier alpha value is -2.60. The van der Waals surface area contributed by atoms with Crippen LogP contribution in [0.25, 0.3) is 0 Å². The summed E-state index contributed by atoms with van der Waals surface area (Å²) >= 11 is 0. The Kier molecular flexibility index (Phi) is 5.99. The molecule has 6 nitrogen and oxygen atoms in total. The second-order valence-electron chi connectivity index (χ2n) is 3.96. The number of aliphatic hydroxyl groups is 1. The van der Waals surface area contributed by atoms with E-state index in [1.807, 2.05) is 0 Å². The number of aliphatic hydroxyl groups excluding tert-OH is 1. The number of ether oxygens (including phenoxy) is 1. The zero-order valence-corrected chi connectivity index (χ0v) is 11.0. The molecule has 0 amide bonds. The summed E-state index contributed by atoms with van der Waals surface area (Å²) in [6, 6.07) is 11.4. The van der Waals surface area contributed by atoms with Crippen molar-refractivity contribution in [2.45, 2.75) is 0 Å². The molecule has 0 radical (unpaired) electrons. The molecule has 0 fully saturated rings. The molecule has 0 atom stereocenters. The van der Waals surface area contributed by atoms with Gasteiger partial charge in [0, 0.05) is 11.4 Å². The SMILES string of the molecule is Nc1ccc(O)cc1.Nc1ccc(OCCO)c(N)c1. The van der Waals surface area contributed by atoms with E-state index in [0.717, 1.165) is 0 Å². The van der Waals surface area contributed by atoms with E-state index in [0.29, 0.717) is 22.8 Å². The van der Waals surface area contributed by atoms with Crippen LogP contribution in [0.3, 0.4) is 0 Å². The van der Waals surface area contributed by atoms with E-state index < -0.39 is 0 Å². The van der Waals surface area contributed by atoms with Crippen LogP contribution in [-0.4, -0.2) is 23.4 Å². The van der Waals surface area contributed by atoms with Crippen LogP contribution >= 0.6 is 0 Å². The highest BCUT2D eigenvalue weighted by Crippen LogP contribution is 2.23. The largest absolute Gasteiger partial charge is 0.508 e. The van der Waals surface area contributed by atoms with Gasteiger partial charge < -0.3 is 32.2 Å². The molecular formula is C14H19N3O3. The molecule has 0 aliphatic heterocycles. The van der Waals surface area contributed by atoms with E-state index in [9.17, 15) is 0 Å². The molecule has 0 saturated carbocycles. The van der Waals surface area contributed by atoms with Gasteiger partial charge in [0.1, 0.15) is 18.1 Å². The quantitative estimate of drug-likeness (QED) is 0.423. The van der Waals surface area contributed by atoms with E-state index in [1.165, 1.54) is 0 Å². The number of rotatable bonds is 3. The van der Waals surface area contributed by atoms with Crippen molar-refractivity contribution in [1.29, 1.82) is 0 Å². The van der Waals surface area contributed by atoms with Crippen molar-refractivity contribution >= 4 is 17.1 Å². The average molecular weight is 277 g/mol. The van der Waals surface area contributed by atoms with Crippen LogP contribution in [0.2, 0.25) is 0 Å². The molecule has 8 N–H and O–H groups in total. The Balaban J connectivity index is 0.000000217. The maximum Gasteiger partial charge on any atom is 0.142 e. The minimum atomic E-state index is -0.0240. The van der Waals surface area contributed by atoms with Crippen molar-refractivity contribution in [3.63, 3.8) is 0 Å². The third-order valence-electron chi connectivity index (χ3n) is 2.28. The highest BCUT2D eigenvalue weighted by Gasteiger charge is 1.98. The Labute approximate surface area is 117 Å². The van der Waals surface area contributed by atoms with Crippen molar-refractivity contribution in [3.05, 3.63) is 42.5 Å². The molecule has 0 saturated heterocycles. The summed E-state index contributed by atoms with van der Waals surface area (Å²) in [5, 5.41) is 17.2. The molecule has 0 spiro atoms. The summed E-state index contributed by atoms with van der Waals surface area (Å²) in [5.41, 5.74) is 18.1. The fourth-order valence-electron chi connectivity index (χ4n) is 1.33. The summed E-state index contributed by atoms with van der Waals surface area (Å²) in [5.74, 6) is 0.803. The number of phenols is 1. The molecule has 0 heterocycles. The summed E-state index contributed by atoms with van der Waals surface area (Å²) in [6.07, 6.45) is 0. The van der Waals surface area contributed by atoms with Gasteiger partial charge in [-0.05, 0) is 42.5 Å². The topological polar surface area (TPSA) is 128 Å². The summed E-state index contributed by atoms with van der Waals surface area (Å²) < 4.78 is 5.11. The molecule has 6 heteroatoms. The Morgan fingerprint density at radius 3 is 2.00 bits per heavy atom. The highest BCUT2D eigenvalue weighted by atomic mass is 16.5. The third kappa shape index (κ3) is 5.36. The first kappa shape index (κ1) is 15.5. The lowest BCUT2D eigenvalue weighted by Gasteiger charge is -2.07. The lowest BCUT2D eigenvalue weighted by Crippen LogP contribution is -2.04. The van der Waals surface area contributed by atoms with Gasteiger partial charge in [-0.15, -0.1) is 0 Å². The van der Waals surface area contributed by atoms with Crippen LogP contribution in [-0.2, 0) is 0 Å². The first-order chi connectivity index (χ1) is 9.52. The first-order valence-electron chi connectivity index (χ1n) is 5.96. The third-order valence-corrected chi connectivity index (χ3v) is 2.28. The number of nitrogens with two attached hydrogens (primary N) is 3. The first-order valence-corrected chi connectivity index (χ1v) is 5.96. The van der Waals surface area contributed by atoms with Gasteiger partial charge in [-0.25, -0.2) is 0 Å². The van der Waals surface area contributed by atoms with Crippen LogP contribution in [0.5, 0.6) is 11.5 Å². The molecule has 108 valence electrons. The molecular weight excluding hydrogens is 258 g/mol. The minimum Gasteiger partial charge on any atom is -0.508 e. The standard InChI is InChI=1S/C8H12N2O2.C6H7NO/c9-6-1-2-8(7(10)5-6)12-4-3-11;7-5-1-3-6(8)4-2-5/h1-2,5,11H,3-4,9-10H2;1-4,8H,7H2. The van der Waals surface area contributed by atoms with Gasteiger partial charge in [-0.2, -0.15) is 0 Å². The monoisotopic (exact) mass is 277 g/mol. The molecule has 0 aliphatic carbocycles. The van der Waals surface area contributed by atoms with E-state index in [2.05, 4.69) is 0 Å². The fourth-order valence-corrected chi connectivity index (χ4v) is 1.33. The molecule has 20 heavy (non-hydrogen) atoms. The minimum absolute atomic E-state index is 0.0240. The molecule has 0 aromatic heterocycles. The Morgan fingerprint density at radius 1 is 0.900 bits per heavy atom. The van der Waals surface area contributed by atoms with E-state index in [-0.39, 0.29) is 19.0 Å². The second-order valence-corrected chi connectivity index (χ2v) is 3.96. The summed E-state index contributed by atoms with van der Waals surface area (Å²) in [4.78, 5) is 0. The molecule has 2 aromatic carbocycles. The van der Waals surface area contributed by atoms with Gasteiger partial charge in [0.25, 0.3) is 0 Å². The predicted molar refractivity (Wildman–Crippen MR) is 80.4 cm³/mol. The highest BCUT2D eigenvalue weighted by molar-refractivity contribution is 5.60. The molecule has 0 bridgehead atoms. The fraction of sp³-hybridized carbons (Fsp3) is 0.143. The Bertz CT molecular complexity index is 509. The van der Waals surface area contributed by atoms with Gasteiger partial charge >= 0.3 is 0 Å². The summed E-state index contributed by atoms with van der Waals surface area (Å²) in [6.45, 7) is 0.220. The zero-order chi connectivity index (χ0) is 15.0. The zero-order valence-electron chi connectivity index (χ0n) is 11.0. The predicted octanol–water partition coefficient (Wildman–Crippen LogP) is 1.20. The second kappa shape index (κ2) is 7.75.